The predicted octanol–water partition coefficient (Wildman–Crippen LogP) is 20.0. The van der Waals surface area contributed by atoms with Gasteiger partial charge in [-0.05, 0) is 156 Å². The van der Waals surface area contributed by atoms with Gasteiger partial charge >= 0.3 is 0 Å². The fourth-order valence-electron chi connectivity index (χ4n) is 13.9. The van der Waals surface area contributed by atoms with Gasteiger partial charge in [-0.2, -0.15) is 0 Å². The zero-order valence-electron chi connectivity index (χ0n) is 46.7. The molecular weight excluding hydrogens is 1040 g/mol. The molecule has 0 amide bonds. The van der Waals surface area contributed by atoms with Crippen molar-refractivity contribution in [3.63, 3.8) is 0 Å². The number of aromatic nitrogens is 5. The number of hydrogen-bond acceptors (Lipinski definition) is 4. The molecular formula is C81H51N5. The second-order valence-electron chi connectivity index (χ2n) is 22.5. The monoisotopic (exact) mass is 1090 g/mol. The summed E-state index contributed by atoms with van der Waals surface area (Å²) < 4.78 is 2.49. The Bertz CT molecular complexity index is 5040. The molecule has 0 unspecified atom stereocenters. The van der Waals surface area contributed by atoms with Crippen LogP contribution in [0, 0.1) is 0 Å². The van der Waals surface area contributed by atoms with Gasteiger partial charge in [0, 0.05) is 39.3 Å². The van der Waals surface area contributed by atoms with Crippen LogP contribution in [0.5, 0.6) is 0 Å². The molecule has 86 heavy (non-hydrogen) atoms. The van der Waals surface area contributed by atoms with Crippen LogP contribution < -0.4 is 0 Å². The number of fused-ring (bicyclic) bond motifs is 13. The molecule has 17 rings (SSSR count). The van der Waals surface area contributed by atoms with Gasteiger partial charge in [0.15, 0.2) is 11.6 Å². The number of rotatable bonds is 9. The lowest BCUT2D eigenvalue weighted by Gasteiger charge is -2.30. The molecule has 0 fully saturated rings. The topological polar surface area (TPSA) is 56.5 Å². The first kappa shape index (κ1) is 49.2. The van der Waals surface area contributed by atoms with E-state index in [1.54, 1.807) is 0 Å². The Morgan fingerprint density at radius 1 is 0.256 bits per heavy atom. The Morgan fingerprint density at radius 3 is 1.36 bits per heavy atom. The Kier molecular flexibility index (Phi) is 11.4. The first-order valence-corrected chi connectivity index (χ1v) is 29.3. The molecule has 5 heteroatoms. The van der Waals surface area contributed by atoms with Crippen LogP contribution in [0.2, 0.25) is 0 Å². The quantitative estimate of drug-likeness (QED) is 0.145. The van der Waals surface area contributed by atoms with Gasteiger partial charge in [0.1, 0.15) is 0 Å². The first-order valence-electron chi connectivity index (χ1n) is 29.3. The van der Waals surface area contributed by atoms with Crippen molar-refractivity contribution in [2.75, 3.05) is 0 Å². The molecule has 0 bridgehead atoms. The minimum absolute atomic E-state index is 0.443. The highest BCUT2D eigenvalue weighted by Crippen LogP contribution is 2.63. The average molecular weight is 1090 g/mol. The molecule has 0 atom stereocenters. The highest BCUT2D eigenvalue weighted by atomic mass is 15.0. The van der Waals surface area contributed by atoms with Gasteiger partial charge in [-0.25, -0.2) is 19.9 Å². The smallest absolute Gasteiger partial charge is 0.198 e. The van der Waals surface area contributed by atoms with Crippen LogP contribution in [0.25, 0.3) is 140 Å². The van der Waals surface area contributed by atoms with Gasteiger partial charge in [-0.15, -0.1) is 0 Å². The Hall–Kier alpha value is -11.4. The summed E-state index contributed by atoms with van der Waals surface area (Å²) in [6.45, 7) is 0. The van der Waals surface area contributed by atoms with Crippen molar-refractivity contribution in [2.45, 2.75) is 5.41 Å². The summed E-state index contributed by atoms with van der Waals surface area (Å²) in [5, 5.41) is 2.35. The van der Waals surface area contributed by atoms with Crippen LogP contribution in [-0.2, 0) is 5.41 Å². The molecule has 0 radical (unpaired) electrons. The molecule has 0 saturated heterocycles. The van der Waals surface area contributed by atoms with E-state index in [1.807, 2.05) is 30.5 Å². The van der Waals surface area contributed by atoms with Gasteiger partial charge in [-0.3, -0.25) is 0 Å². The molecule has 12 aromatic carbocycles. The summed E-state index contributed by atoms with van der Waals surface area (Å²) >= 11 is 0. The number of benzene rings is 12. The standard InChI is InChI=1S/C81H51N5/c1-5-21-52(22-6-1)56-39-42-76-68(49-56)78-63(34-20-38-77(78)86(76)62-40-41-67-66-33-15-18-37-71(66)81(72(67)50-62)69-35-16-13-31-64(69)65-32-14-17-36-70(65)81)57-29-19-30-58(45-57)75-51-74(55-27-11-4-12-28-55)84-80(85-75)79-82-44-43-73(83-79)61-47-59(53-23-7-2-8-24-53)46-60(48-61)54-25-9-3-10-26-54/h1-51H. The Morgan fingerprint density at radius 2 is 0.733 bits per heavy atom. The number of hydrogen-bond donors (Lipinski definition) is 0. The third-order valence-corrected chi connectivity index (χ3v) is 17.7. The van der Waals surface area contributed by atoms with Crippen LogP contribution in [0.15, 0.2) is 310 Å². The lowest BCUT2D eigenvalue weighted by Crippen LogP contribution is -2.26. The molecule has 3 aromatic heterocycles. The van der Waals surface area contributed by atoms with Gasteiger partial charge in [-0.1, -0.05) is 237 Å². The summed E-state index contributed by atoms with van der Waals surface area (Å²) in [6.07, 6.45) is 1.82. The predicted molar refractivity (Wildman–Crippen MR) is 352 cm³/mol. The van der Waals surface area contributed by atoms with Gasteiger partial charge in [0.05, 0.1) is 33.5 Å². The van der Waals surface area contributed by atoms with Gasteiger partial charge < -0.3 is 4.57 Å². The third-order valence-electron chi connectivity index (χ3n) is 17.7. The fourth-order valence-corrected chi connectivity index (χ4v) is 13.9. The molecule has 0 aliphatic heterocycles. The van der Waals surface area contributed by atoms with E-state index in [4.69, 9.17) is 19.9 Å². The van der Waals surface area contributed by atoms with E-state index in [0.717, 1.165) is 89.4 Å². The summed E-state index contributed by atoms with van der Waals surface area (Å²) in [5.74, 6) is 0.886. The van der Waals surface area contributed by atoms with Crippen molar-refractivity contribution in [3.8, 4) is 118 Å². The van der Waals surface area contributed by atoms with Crippen LogP contribution >= 0.6 is 0 Å². The number of nitrogens with zero attached hydrogens (tertiary/aromatic N) is 5. The van der Waals surface area contributed by atoms with E-state index in [2.05, 4.69) is 284 Å². The van der Waals surface area contributed by atoms with Gasteiger partial charge in [0.25, 0.3) is 0 Å². The average Bonchev–Trinajstić information content (AvgIpc) is 1.54. The highest BCUT2D eigenvalue weighted by molar-refractivity contribution is 6.17. The van der Waals surface area contributed by atoms with E-state index in [1.165, 1.54) is 60.8 Å². The zero-order chi connectivity index (χ0) is 56.7. The lowest BCUT2D eigenvalue weighted by atomic mass is 9.70. The third kappa shape index (κ3) is 7.86. The minimum Gasteiger partial charge on any atom is -0.309 e. The molecule has 1 spiro atoms. The summed E-state index contributed by atoms with van der Waals surface area (Å²) in [7, 11) is 0. The lowest BCUT2D eigenvalue weighted by molar-refractivity contribution is 0.792. The SMILES string of the molecule is c1ccc(-c2cc(-c3ccccc3)cc(-c3ccnc(-c4nc(-c5ccccc5)cc(-c5cccc(-c6cccc7c6c6cc(-c8ccccc8)ccc6n7-c6ccc7c(c6)C6(c8ccccc8-c8ccccc86)c6ccccc6-7)c5)n4)n3)c2)cc1. The molecule has 2 aliphatic rings. The first-order chi connectivity index (χ1) is 42.6. The van der Waals surface area contributed by atoms with Crippen LogP contribution in [0.1, 0.15) is 22.3 Å². The Labute approximate surface area is 498 Å². The summed E-state index contributed by atoms with van der Waals surface area (Å²) in [4.78, 5) is 20.7. The van der Waals surface area contributed by atoms with Crippen LogP contribution in [-0.4, -0.2) is 24.5 Å². The van der Waals surface area contributed by atoms with E-state index in [0.29, 0.717) is 11.6 Å². The molecule has 0 saturated carbocycles. The van der Waals surface area contributed by atoms with Crippen LogP contribution in [0.4, 0.5) is 0 Å². The van der Waals surface area contributed by atoms with E-state index in [9.17, 15) is 0 Å². The second-order valence-corrected chi connectivity index (χ2v) is 22.5. The van der Waals surface area contributed by atoms with E-state index >= 15 is 0 Å². The summed E-state index contributed by atoms with van der Waals surface area (Å²) in [5.41, 5.74) is 27.6. The normalized spacial score (nSPS) is 12.5. The molecule has 0 N–H and O–H groups in total. The van der Waals surface area contributed by atoms with Crippen molar-refractivity contribution in [1.82, 2.24) is 24.5 Å². The molecule has 2 aliphatic carbocycles. The fraction of sp³-hybridized carbons (Fsp3) is 0.0123. The molecule has 3 heterocycles. The molecule has 400 valence electrons. The van der Waals surface area contributed by atoms with E-state index < -0.39 is 5.41 Å². The zero-order valence-corrected chi connectivity index (χ0v) is 46.7. The van der Waals surface area contributed by atoms with Gasteiger partial charge in [0.2, 0.25) is 0 Å². The van der Waals surface area contributed by atoms with Crippen LogP contribution in [0.3, 0.4) is 0 Å². The summed E-state index contributed by atoms with van der Waals surface area (Å²) in [6, 6.07) is 110. The Balaban J connectivity index is 0.828. The van der Waals surface area contributed by atoms with E-state index in [-0.39, 0.29) is 0 Å². The van der Waals surface area contributed by atoms with Crippen molar-refractivity contribution in [1.29, 1.82) is 0 Å². The molecule has 5 nitrogen and oxygen atoms in total. The van der Waals surface area contributed by atoms with Crippen molar-refractivity contribution in [3.05, 3.63) is 332 Å². The maximum Gasteiger partial charge on any atom is 0.198 e. The minimum atomic E-state index is -0.475. The second kappa shape index (κ2) is 19.9. The maximum absolute atomic E-state index is 5.36. The van der Waals surface area contributed by atoms with Crippen molar-refractivity contribution in [2.24, 2.45) is 0 Å². The largest absolute Gasteiger partial charge is 0.309 e. The maximum atomic E-state index is 5.36. The van der Waals surface area contributed by atoms with Crippen molar-refractivity contribution < 1.29 is 0 Å². The molecule has 15 aromatic rings. The highest BCUT2D eigenvalue weighted by Gasteiger charge is 2.51. The van der Waals surface area contributed by atoms with Crippen molar-refractivity contribution >= 4 is 21.8 Å².